The Hall–Kier alpha value is -0.220. The molecule has 5 heteroatoms. The predicted octanol–water partition coefficient (Wildman–Crippen LogP) is 5.45. The second-order valence-electron chi connectivity index (χ2n) is 4.14. The predicted molar refractivity (Wildman–Crippen MR) is 80.2 cm³/mol. The summed E-state index contributed by atoms with van der Waals surface area (Å²) in [5, 5.41) is 0.530. The van der Waals surface area contributed by atoms with Crippen LogP contribution < -0.4 is 4.74 Å². The van der Waals surface area contributed by atoms with Gasteiger partial charge in [-0.05, 0) is 33.6 Å². The monoisotopic (exact) mass is 362 g/mol. The van der Waals surface area contributed by atoms with Crippen molar-refractivity contribution >= 4 is 50.5 Å². The fraction of sp³-hybridized carbons (Fsp3) is 0.231. The van der Waals surface area contributed by atoms with Gasteiger partial charge in [-0.1, -0.05) is 29.8 Å². The first-order valence-corrected chi connectivity index (χ1v) is 7.91. The molecule has 0 N–H and O–H groups in total. The van der Waals surface area contributed by atoms with Gasteiger partial charge in [0.05, 0.1) is 8.81 Å². The standard InChI is InChI=1S/C13H9BrCl2OS/c14-13-8(15)6-11(18-13)12(16)10-5-7-3-1-2-4-9(7)17-10/h1-4,6,10,12H,5H2. The Balaban J connectivity index is 1.82. The minimum Gasteiger partial charge on any atom is -0.488 e. The zero-order valence-electron chi connectivity index (χ0n) is 9.20. The van der Waals surface area contributed by atoms with Crippen molar-refractivity contribution in [2.45, 2.75) is 17.9 Å². The van der Waals surface area contributed by atoms with Crippen LogP contribution in [0.2, 0.25) is 5.02 Å². The van der Waals surface area contributed by atoms with Crippen LogP contribution in [0.4, 0.5) is 0 Å². The maximum atomic E-state index is 6.49. The minimum atomic E-state index is -0.175. The van der Waals surface area contributed by atoms with Crippen LogP contribution in [0.3, 0.4) is 0 Å². The molecule has 2 atom stereocenters. The molecule has 0 saturated carbocycles. The normalized spacial score (nSPS) is 19.4. The SMILES string of the molecule is Clc1cc(C(Cl)C2Cc3ccccc3O2)sc1Br. The molecule has 94 valence electrons. The molecule has 0 bridgehead atoms. The lowest BCUT2D eigenvalue weighted by molar-refractivity contribution is 0.228. The molecule has 0 saturated heterocycles. The highest BCUT2D eigenvalue weighted by Crippen LogP contribution is 2.42. The van der Waals surface area contributed by atoms with Crippen molar-refractivity contribution in [3.63, 3.8) is 0 Å². The maximum absolute atomic E-state index is 6.49. The van der Waals surface area contributed by atoms with Gasteiger partial charge < -0.3 is 4.74 Å². The molecule has 0 aliphatic carbocycles. The first-order valence-electron chi connectivity index (χ1n) is 5.48. The molecule has 2 heterocycles. The maximum Gasteiger partial charge on any atom is 0.124 e. The van der Waals surface area contributed by atoms with Crippen LogP contribution in [0.5, 0.6) is 5.75 Å². The fourth-order valence-electron chi connectivity index (χ4n) is 2.05. The summed E-state index contributed by atoms with van der Waals surface area (Å²) in [6.45, 7) is 0. The minimum absolute atomic E-state index is 0.0225. The lowest BCUT2D eigenvalue weighted by atomic mass is 10.1. The Bertz CT molecular complexity index is 540. The zero-order valence-corrected chi connectivity index (χ0v) is 13.1. The van der Waals surface area contributed by atoms with Gasteiger partial charge >= 0.3 is 0 Å². The van der Waals surface area contributed by atoms with Crippen LogP contribution in [0.15, 0.2) is 34.1 Å². The van der Waals surface area contributed by atoms with Crippen LogP contribution in [-0.2, 0) is 6.42 Å². The van der Waals surface area contributed by atoms with Crippen molar-refractivity contribution in [3.05, 3.63) is 49.6 Å². The fourth-order valence-corrected chi connectivity index (χ4v) is 4.17. The van der Waals surface area contributed by atoms with Crippen LogP contribution in [0.1, 0.15) is 15.8 Å². The van der Waals surface area contributed by atoms with E-state index in [4.69, 9.17) is 27.9 Å². The highest BCUT2D eigenvalue weighted by Gasteiger charge is 2.31. The van der Waals surface area contributed by atoms with Crippen molar-refractivity contribution in [1.82, 2.24) is 0 Å². The number of rotatable bonds is 2. The average Bonchev–Trinajstić information content (AvgIpc) is 2.93. The summed E-state index contributed by atoms with van der Waals surface area (Å²) in [6.07, 6.45) is 0.822. The summed E-state index contributed by atoms with van der Waals surface area (Å²) < 4.78 is 6.81. The molecular weight excluding hydrogens is 355 g/mol. The van der Waals surface area contributed by atoms with Gasteiger partial charge in [0.25, 0.3) is 0 Å². The highest BCUT2D eigenvalue weighted by molar-refractivity contribution is 9.11. The lowest BCUT2D eigenvalue weighted by Gasteiger charge is -2.15. The van der Waals surface area contributed by atoms with Gasteiger partial charge in [-0.15, -0.1) is 22.9 Å². The molecule has 0 amide bonds. The van der Waals surface area contributed by atoms with Crippen LogP contribution in [0, 0.1) is 0 Å². The number of fused-ring (bicyclic) bond motifs is 1. The second kappa shape index (κ2) is 5.04. The Morgan fingerprint density at radius 3 is 2.83 bits per heavy atom. The number of hydrogen-bond donors (Lipinski definition) is 0. The topological polar surface area (TPSA) is 9.23 Å². The van der Waals surface area contributed by atoms with Gasteiger partial charge in [-0.2, -0.15) is 0 Å². The first kappa shape index (κ1) is 12.8. The molecule has 3 rings (SSSR count). The van der Waals surface area contributed by atoms with Crippen molar-refractivity contribution in [3.8, 4) is 5.75 Å². The Labute approximate surface area is 128 Å². The molecule has 2 aromatic rings. The molecule has 1 aliphatic rings. The molecule has 2 unspecified atom stereocenters. The van der Waals surface area contributed by atoms with Crippen molar-refractivity contribution in [2.75, 3.05) is 0 Å². The van der Waals surface area contributed by atoms with E-state index in [1.165, 1.54) is 5.56 Å². The molecule has 1 aromatic heterocycles. The number of benzene rings is 1. The Kier molecular flexibility index (Phi) is 3.59. The van der Waals surface area contributed by atoms with Crippen LogP contribution >= 0.6 is 50.5 Å². The van der Waals surface area contributed by atoms with Crippen molar-refractivity contribution < 1.29 is 4.74 Å². The summed E-state index contributed by atoms with van der Waals surface area (Å²) in [5.74, 6) is 0.940. The molecule has 0 spiro atoms. The van der Waals surface area contributed by atoms with Gasteiger partial charge in [-0.25, -0.2) is 0 Å². The van der Waals surface area contributed by atoms with E-state index < -0.39 is 0 Å². The number of hydrogen-bond acceptors (Lipinski definition) is 2. The summed E-state index contributed by atoms with van der Waals surface area (Å²) >= 11 is 17.5. The number of alkyl halides is 1. The third-order valence-corrected chi connectivity index (χ3v) is 6.14. The molecule has 1 aromatic carbocycles. The van der Waals surface area contributed by atoms with Crippen LogP contribution in [-0.4, -0.2) is 6.10 Å². The van der Waals surface area contributed by atoms with E-state index in [-0.39, 0.29) is 11.5 Å². The van der Waals surface area contributed by atoms with Crippen molar-refractivity contribution in [1.29, 1.82) is 0 Å². The quantitative estimate of drug-likeness (QED) is 0.645. The van der Waals surface area contributed by atoms with E-state index in [0.29, 0.717) is 5.02 Å². The molecule has 1 aliphatic heterocycles. The molecule has 0 radical (unpaired) electrons. The number of para-hydroxylation sites is 1. The smallest absolute Gasteiger partial charge is 0.124 e. The van der Waals surface area contributed by atoms with Crippen molar-refractivity contribution in [2.24, 2.45) is 0 Å². The Morgan fingerprint density at radius 1 is 1.39 bits per heavy atom. The van der Waals surface area contributed by atoms with Crippen LogP contribution in [0.25, 0.3) is 0 Å². The Morgan fingerprint density at radius 2 is 2.17 bits per heavy atom. The van der Waals surface area contributed by atoms with Gasteiger partial charge in [0.1, 0.15) is 17.2 Å². The van der Waals surface area contributed by atoms with E-state index in [1.54, 1.807) is 11.3 Å². The van der Waals surface area contributed by atoms with E-state index in [9.17, 15) is 0 Å². The number of ether oxygens (including phenoxy) is 1. The molecular formula is C13H9BrCl2OS. The van der Waals surface area contributed by atoms with Gasteiger partial charge in [0, 0.05) is 11.3 Å². The summed E-state index contributed by atoms with van der Waals surface area (Å²) in [6, 6.07) is 9.96. The van der Waals surface area contributed by atoms with Gasteiger partial charge in [-0.3, -0.25) is 0 Å². The average molecular weight is 364 g/mol. The summed E-state index contributed by atoms with van der Waals surface area (Å²) in [4.78, 5) is 1.03. The first-order chi connectivity index (χ1) is 8.65. The summed E-state index contributed by atoms with van der Waals surface area (Å²) in [5.41, 5.74) is 1.22. The number of halogens is 3. The van der Waals surface area contributed by atoms with E-state index in [0.717, 1.165) is 20.8 Å². The van der Waals surface area contributed by atoms with E-state index in [2.05, 4.69) is 22.0 Å². The molecule has 1 nitrogen and oxygen atoms in total. The van der Waals surface area contributed by atoms with Gasteiger partial charge in [0.15, 0.2) is 0 Å². The van der Waals surface area contributed by atoms with E-state index >= 15 is 0 Å². The zero-order chi connectivity index (χ0) is 12.7. The highest BCUT2D eigenvalue weighted by atomic mass is 79.9. The van der Waals surface area contributed by atoms with Gasteiger partial charge in [0.2, 0.25) is 0 Å². The second-order valence-corrected chi connectivity index (χ2v) is 7.42. The lowest BCUT2D eigenvalue weighted by Crippen LogP contribution is -2.18. The van der Waals surface area contributed by atoms with E-state index in [1.807, 2.05) is 24.3 Å². The third kappa shape index (κ3) is 2.29. The molecule has 0 fully saturated rings. The third-order valence-electron chi connectivity index (χ3n) is 2.93. The largest absolute Gasteiger partial charge is 0.488 e. The summed E-state index contributed by atoms with van der Waals surface area (Å²) in [7, 11) is 0. The number of thiophene rings is 1. The molecule has 18 heavy (non-hydrogen) atoms.